The number of aliphatic imine (C=N–C) groups is 1. The van der Waals surface area contributed by atoms with Crippen LogP contribution < -0.4 is 10.6 Å². The fourth-order valence-corrected chi connectivity index (χ4v) is 2.61. The summed E-state index contributed by atoms with van der Waals surface area (Å²) in [4.78, 5) is 4.25. The van der Waals surface area contributed by atoms with Crippen molar-refractivity contribution in [1.29, 1.82) is 0 Å². The molecule has 2 N–H and O–H groups in total. The molecule has 4 nitrogen and oxygen atoms in total. The van der Waals surface area contributed by atoms with Crippen LogP contribution in [0.5, 0.6) is 0 Å². The van der Waals surface area contributed by atoms with Crippen LogP contribution in [0.2, 0.25) is 0 Å². The van der Waals surface area contributed by atoms with Crippen LogP contribution in [0.3, 0.4) is 0 Å². The van der Waals surface area contributed by atoms with Gasteiger partial charge in [-0.1, -0.05) is 43.3 Å². The normalized spacial score (nSPS) is 11.0. The Balaban J connectivity index is 0.00000364. The Morgan fingerprint density at radius 3 is 2.56 bits per heavy atom. The third kappa shape index (κ3) is 8.71. The largest absolute Gasteiger partial charge is 0.377 e. The minimum absolute atomic E-state index is 0. The minimum Gasteiger partial charge on any atom is -0.377 e. The van der Waals surface area contributed by atoms with Gasteiger partial charge >= 0.3 is 0 Å². The van der Waals surface area contributed by atoms with Crippen LogP contribution in [-0.4, -0.2) is 26.2 Å². The van der Waals surface area contributed by atoms with E-state index in [0.29, 0.717) is 19.7 Å². The van der Waals surface area contributed by atoms with Gasteiger partial charge in [0.05, 0.1) is 6.61 Å². The van der Waals surface area contributed by atoms with Gasteiger partial charge in [0.25, 0.3) is 0 Å². The number of ether oxygens (including phenoxy) is 1. The number of rotatable bonds is 9. The van der Waals surface area contributed by atoms with E-state index in [-0.39, 0.29) is 29.8 Å². The van der Waals surface area contributed by atoms with Crippen molar-refractivity contribution in [2.45, 2.75) is 32.9 Å². The van der Waals surface area contributed by atoms with Crippen molar-refractivity contribution in [2.75, 3.05) is 20.2 Å². The summed E-state index contributed by atoms with van der Waals surface area (Å²) in [7, 11) is 1.74. The van der Waals surface area contributed by atoms with E-state index in [1.807, 2.05) is 18.2 Å². The summed E-state index contributed by atoms with van der Waals surface area (Å²) < 4.78 is 18.9. The van der Waals surface area contributed by atoms with Gasteiger partial charge in [0.15, 0.2) is 5.96 Å². The zero-order valence-corrected chi connectivity index (χ0v) is 18.3. The molecule has 0 fully saturated rings. The van der Waals surface area contributed by atoms with Gasteiger partial charge in [-0.15, -0.1) is 24.0 Å². The SMILES string of the molecule is CCCOCc1ccccc1CNC(=NC)NCCc1cccc(F)c1.I. The summed E-state index contributed by atoms with van der Waals surface area (Å²) in [6, 6.07) is 14.9. The fraction of sp³-hybridized carbons (Fsp3) is 0.381. The summed E-state index contributed by atoms with van der Waals surface area (Å²) in [5, 5.41) is 6.59. The van der Waals surface area contributed by atoms with E-state index in [9.17, 15) is 4.39 Å². The molecule has 0 spiro atoms. The van der Waals surface area contributed by atoms with Crippen molar-refractivity contribution in [3.05, 3.63) is 71.0 Å². The van der Waals surface area contributed by atoms with Crippen LogP contribution in [0.25, 0.3) is 0 Å². The smallest absolute Gasteiger partial charge is 0.191 e. The molecular weight excluding hydrogens is 456 g/mol. The summed E-state index contributed by atoms with van der Waals surface area (Å²) >= 11 is 0. The highest BCUT2D eigenvalue weighted by molar-refractivity contribution is 14.0. The van der Waals surface area contributed by atoms with E-state index >= 15 is 0 Å². The molecule has 0 amide bonds. The maximum atomic E-state index is 13.2. The molecule has 6 heteroatoms. The van der Waals surface area contributed by atoms with E-state index in [1.54, 1.807) is 19.2 Å². The highest BCUT2D eigenvalue weighted by atomic mass is 127. The van der Waals surface area contributed by atoms with Crippen molar-refractivity contribution in [2.24, 2.45) is 4.99 Å². The lowest BCUT2D eigenvalue weighted by atomic mass is 10.1. The molecule has 0 aliphatic carbocycles. The second-order valence-electron chi connectivity index (χ2n) is 6.05. The topological polar surface area (TPSA) is 45.6 Å². The van der Waals surface area contributed by atoms with Crippen LogP contribution >= 0.6 is 24.0 Å². The number of hydrogen-bond donors (Lipinski definition) is 2. The molecule has 0 heterocycles. The summed E-state index contributed by atoms with van der Waals surface area (Å²) in [6.45, 7) is 4.85. The van der Waals surface area contributed by atoms with Crippen LogP contribution in [0.4, 0.5) is 4.39 Å². The van der Waals surface area contributed by atoms with Crippen molar-refractivity contribution in [3.8, 4) is 0 Å². The van der Waals surface area contributed by atoms with E-state index in [1.165, 1.54) is 17.2 Å². The number of halogens is 2. The maximum absolute atomic E-state index is 13.2. The second kappa shape index (κ2) is 13.5. The molecule has 0 saturated heterocycles. The van der Waals surface area contributed by atoms with Gasteiger partial charge in [0.2, 0.25) is 0 Å². The molecule has 27 heavy (non-hydrogen) atoms. The van der Waals surface area contributed by atoms with E-state index in [4.69, 9.17) is 4.74 Å². The molecular formula is C21H29FIN3O. The molecule has 2 aromatic carbocycles. The molecule has 0 unspecified atom stereocenters. The lowest BCUT2D eigenvalue weighted by molar-refractivity contribution is 0.121. The van der Waals surface area contributed by atoms with Crippen LogP contribution in [0, 0.1) is 5.82 Å². The molecule has 0 bridgehead atoms. The van der Waals surface area contributed by atoms with Gasteiger partial charge in [-0.25, -0.2) is 4.39 Å². The molecule has 148 valence electrons. The van der Waals surface area contributed by atoms with Crippen LogP contribution in [0.15, 0.2) is 53.5 Å². The van der Waals surface area contributed by atoms with E-state index < -0.39 is 0 Å². The van der Waals surface area contributed by atoms with E-state index in [2.05, 4.69) is 34.7 Å². The lowest BCUT2D eigenvalue weighted by Crippen LogP contribution is -2.38. The maximum Gasteiger partial charge on any atom is 0.191 e. The third-order valence-corrected chi connectivity index (χ3v) is 3.99. The predicted octanol–water partition coefficient (Wildman–Crippen LogP) is 4.28. The minimum atomic E-state index is -0.202. The molecule has 0 atom stereocenters. The fourth-order valence-electron chi connectivity index (χ4n) is 2.61. The average Bonchev–Trinajstić information content (AvgIpc) is 2.66. The molecule has 0 radical (unpaired) electrons. The first-order valence-electron chi connectivity index (χ1n) is 9.06. The van der Waals surface area contributed by atoms with Crippen LogP contribution in [-0.2, 0) is 24.3 Å². The zero-order chi connectivity index (χ0) is 18.6. The van der Waals surface area contributed by atoms with Gasteiger partial charge in [-0.2, -0.15) is 0 Å². The van der Waals surface area contributed by atoms with Gasteiger partial charge < -0.3 is 15.4 Å². The zero-order valence-electron chi connectivity index (χ0n) is 16.0. The first-order valence-corrected chi connectivity index (χ1v) is 9.06. The standard InChI is InChI=1S/C21H28FN3O.HI/c1-3-13-26-16-19-9-5-4-8-18(19)15-25-21(23-2)24-12-11-17-7-6-10-20(22)14-17;/h4-10,14H,3,11-13,15-16H2,1-2H3,(H2,23,24,25);1H. The summed E-state index contributed by atoms with van der Waals surface area (Å²) in [6.07, 6.45) is 1.75. The molecule has 2 rings (SSSR count). The highest BCUT2D eigenvalue weighted by Crippen LogP contribution is 2.10. The Bertz CT molecular complexity index is 709. The third-order valence-electron chi connectivity index (χ3n) is 3.99. The quantitative estimate of drug-likeness (QED) is 0.241. The first kappa shape index (κ1) is 23.4. The van der Waals surface area contributed by atoms with Gasteiger partial charge in [0, 0.05) is 26.7 Å². The van der Waals surface area contributed by atoms with Crippen molar-refractivity contribution < 1.29 is 9.13 Å². The molecule has 2 aromatic rings. The number of nitrogens with zero attached hydrogens (tertiary/aromatic N) is 1. The Labute approximate surface area is 178 Å². The Morgan fingerprint density at radius 1 is 1.07 bits per heavy atom. The van der Waals surface area contributed by atoms with Crippen molar-refractivity contribution in [3.63, 3.8) is 0 Å². The van der Waals surface area contributed by atoms with Crippen molar-refractivity contribution >= 4 is 29.9 Å². The Morgan fingerprint density at radius 2 is 1.85 bits per heavy atom. The predicted molar refractivity (Wildman–Crippen MR) is 120 cm³/mol. The highest BCUT2D eigenvalue weighted by Gasteiger charge is 2.04. The van der Waals surface area contributed by atoms with E-state index in [0.717, 1.165) is 31.0 Å². The Kier molecular flexibility index (Phi) is 11.7. The molecule has 0 aliphatic rings. The molecule has 0 aromatic heterocycles. The number of hydrogen-bond acceptors (Lipinski definition) is 2. The summed E-state index contributed by atoms with van der Waals surface area (Å²) in [5.74, 6) is 0.526. The second-order valence-corrected chi connectivity index (χ2v) is 6.05. The monoisotopic (exact) mass is 485 g/mol. The van der Waals surface area contributed by atoms with Gasteiger partial charge in [-0.05, 0) is 41.7 Å². The number of guanidine groups is 1. The average molecular weight is 485 g/mol. The molecule has 0 aliphatic heterocycles. The number of benzene rings is 2. The number of nitrogens with one attached hydrogen (secondary N) is 2. The first-order chi connectivity index (χ1) is 12.7. The lowest BCUT2D eigenvalue weighted by Gasteiger charge is -2.14. The van der Waals surface area contributed by atoms with Gasteiger partial charge in [-0.3, -0.25) is 4.99 Å². The summed E-state index contributed by atoms with van der Waals surface area (Å²) in [5.41, 5.74) is 3.34. The molecule has 0 saturated carbocycles. The van der Waals surface area contributed by atoms with Crippen LogP contribution in [0.1, 0.15) is 30.0 Å². The Hall–Kier alpha value is -1.67. The van der Waals surface area contributed by atoms with Crippen molar-refractivity contribution in [1.82, 2.24) is 10.6 Å². The van der Waals surface area contributed by atoms with Gasteiger partial charge in [0.1, 0.15) is 5.82 Å².